The van der Waals surface area contributed by atoms with E-state index in [2.05, 4.69) is 34.9 Å². The monoisotopic (exact) mass is 306 g/mol. The van der Waals surface area contributed by atoms with Crippen LogP contribution in [0.15, 0.2) is 34.6 Å². The quantitative estimate of drug-likeness (QED) is 0.517. The summed E-state index contributed by atoms with van der Waals surface area (Å²) in [7, 11) is 0. The second kappa shape index (κ2) is 6.95. The van der Waals surface area contributed by atoms with E-state index < -0.39 is 0 Å². The maximum absolute atomic E-state index is 5.79. The van der Waals surface area contributed by atoms with E-state index in [9.17, 15) is 0 Å². The molecule has 0 aliphatic rings. The molecule has 0 atom stereocenters. The Kier molecular flexibility index (Phi) is 5.25. The molecule has 0 unspecified atom stereocenters. The van der Waals surface area contributed by atoms with Gasteiger partial charge in [-0.2, -0.15) is 0 Å². The van der Waals surface area contributed by atoms with Crippen LogP contribution in [0.4, 0.5) is 5.82 Å². The average molecular weight is 306 g/mol. The number of nitrogens with two attached hydrogens (primary N) is 1. The third-order valence-corrected chi connectivity index (χ3v) is 4.28. The van der Waals surface area contributed by atoms with Crippen molar-refractivity contribution in [1.82, 2.24) is 15.0 Å². The number of aromatic nitrogens is 3. The van der Waals surface area contributed by atoms with Crippen LogP contribution in [0, 0.1) is 0 Å². The minimum Gasteiger partial charge on any atom is -0.384 e. The van der Waals surface area contributed by atoms with Crippen molar-refractivity contribution in [2.75, 3.05) is 12.0 Å². The van der Waals surface area contributed by atoms with Crippen LogP contribution in [-0.2, 0) is 5.75 Å². The molecule has 0 radical (unpaired) electrons. The Hall–Kier alpha value is -1.27. The van der Waals surface area contributed by atoms with E-state index in [4.69, 9.17) is 5.73 Å². The Bertz CT molecular complexity index is 587. The fourth-order valence-electron chi connectivity index (χ4n) is 1.82. The van der Waals surface area contributed by atoms with Gasteiger partial charge in [0, 0.05) is 18.0 Å². The molecular weight excluding hydrogens is 288 g/mol. The number of hydrogen-bond acceptors (Lipinski definition) is 6. The Morgan fingerprint density at radius 3 is 2.80 bits per heavy atom. The molecule has 2 rings (SSSR count). The van der Waals surface area contributed by atoms with E-state index in [0.717, 1.165) is 16.5 Å². The number of hydrogen-bond donors (Lipinski definition) is 1. The predicted molar refractivity (Wildman–Crippen MR) is 86.1 cm³/mol. The summed E-state index contributed by atoms with van der Waals surface area (Å²) in [6.45, 7) is 4.35. The summed E-state index contributed by atoms with van der Waals surface area (Å²) in [6.07, 6.45) is 3.81. The van der Waals surface area contributed by atoms with E-state index in [1.165, 1.54) is 5.56 Å². The van der Waals surface area contributed by atoms with Gasteiger partial charge in [-0.3, -0.25) is 4.98 Å². The molecule has 0 saturated heterocycles. The Morgan fingerprint density at radius 1 is 1.30 bits per heavy atom. The maximum Gasteiger partial charge on any atom is 0.190 e. The Balaban J connectivity index is 2.15. The van der Waals surface area contributed by atoms with Gasteiger partial charge in [-0.25, -0.2) is 9.97 Å². The fraction of sp³-hybridized carbons (Fsp3) is 0.357. The minimum absolute atomic E-state index is 0.461. The maximum atomic E-state index is 5.79. The lowest BCUT2D eigenvalue weighted by atomic mass is 10.0. The lowest BCUT2D eigenvalue weighted by molar-refractivity contribution is 0.838. The number of thioether (sulfide) groups is 2. The first kappa shape index (κ1) is 15.1. The zero-order chi connectivity index (χ0) is 14.5. The molecule has 2 aromatic heterocycles. The van der Waals surface area contributed by atoms with E-state index >= 15 is 0 Å². The lowest BCUT2D eigenvalue weighted by Crippen LogP contribution is -2.00. The van der Waals surface area contributed by atoms with Crippen LogP contribution in [-0.4, -0.2) is 21.2 Å². The third kappa shape index (κ3) is 3.86. The van der Waals surface area contributed by atoms with Crippen molar-refractivity contribution >= 4 is 29.3 Å². The van der Waals surface area contributed by atoms with Gasteiger partial charge >= 0.3 is 0 Å². The first-order chi connectivity index (χ1) is 9.60. The predicted octanol–water partition coefficient (Wildman–Crippen LogP) is 3.59. The van der Waals surface area contributed by atoms with Crippen molar-refractivity contribution in [3.05, 3.63) is 35.7 Å². The van der Waals surface area contributed by atoms with Crippen molar-refractivity contribution in [2.24, 2.45) is 0 Å². The molecular formula is C14H18N4S2. The molecule has 0 amide bonds. The molecule has 0 aromatic carbocycles. The van der Waals surface area contributed by atoms with Crippen LogP contribution >= 0.6 is 23.5 Å². The second-order valence-corrected chi connectivity index (χ2v) is 6.37. The number of nitrogens with zero attached hydrogens (tertiary/aromatic N) is 3. The van der Waals surface area contributed by atoms with Gasteiger partial charge in [0.2, 0.25) is 0 Å². The van der Waals surface area contributed by atoms with E-state index in [1.54, 1.807) is 29.6 Å². The molecule has 2 aromatic rings. The largest absolute Gasteiger partial charge is 0.384 e. The lowest BCUT2D eigenvalue weighted by Gasteiger charge is -2.10. The van der Waals surface area contributed by atoms with Crippen molar-refractivity contribution in [3.8, 4) is 0 Å². The number of pyridine rings is 1. The number of nitrogen functional groups attached to an aromatic ring is 1. The summed E-state index contributed by atoms with van der Waals surface area (Å²) in [5.41, 5.74) is 8.15. The molecule has 0 saturated carbocycles. The molecule has 0 bridgehead atoms. The molecule has 0 spiro atoms. The van der Waals surface area contributed by atoms with E-state index in [-0.39, 0.29) is 0 Å². The van der Waals surface area contributed by atoms with Crippen LogP contribution in [0.2, 0.25) is 0 Å². The van der Waals surface area contributed by atoms with Crippen LogP contribution in [0.3, 0.4) is 0 Å². The number of rotatable bonds is 5. The smallest absolute Gasteiger partial charge is 0.190 e. The van der Waals surface area contributed by atoms with Crippen molar-refractivity contribution in [3.63, 3.8) is 0 Å². The third-order valence-electron chi connectivity index (χ3n) is 2.80. The highest BCUT2D eigenvalue weighted by Gasteiger charge is 2.09. The van der Waals surface area contributed by atoms with Gasteiger partial charge in [0.25, 0.3) is 0 Å². The van der Waals surface area contributed by atoms with Crippen LogP contribution in [0.5, 0.6) is 0 Å². The highest BCUT2D eigenvalue weighted by Crippen LogP contribution is 2.26. The van der Waals surface area contributed by atoms with Gasteiger partial charge in [-0.05, 0) is 23.8 Å². The topological polar surface area (TPSA) is 64.7 Å². The second-order valence-electron chi connectivity index (χ2n) is 4.60. The molecule has 20 heavy (non-hydrogen) atoms. The van der Waals surface area contributed by atoms with Crippen LogP contribution in [0.25, 0.3) is 0 Å². The molecule has 2 heterocycles. The zero-order valence-electron chi connectivity index (χ0n) is 11.8. The summed E-state index contributed by atoms with van der Waals surface area (Å²) in [5, 5.41) is 1.60. The van der Waals surface area contributed by atoms with Crippen molar-refractivity contribution in [2.45, 2.75) is 35.7 Å². The first-order valence-electron chi connectivity index (χ1n) is 6.35. The molecule has 0 aliphatic carbocycles. The van der Waals surface area contributed by atoms with Crippen molar-refractivity contribution in [1.29, 1.82) is 0 Å². The fourth-order valence-corrected chi connectivity index (χ4v) is 3.13. The van der Waals surface area contributed by atoms with Gasteiger partial charge in [-0.1, -0.05) is 31.7 Å². The SMILES string of the molecule is CSc1cc(N)nc(SCc2ncccc2C(C)C)n1. The Labute approximate surface area is 128 Å². The minimum atomic E-state index is 0.461. The standard InChI is InChI=1S/C14H18N4S2/c1-9(2)10-5-4-6-16-11(10)8-20-14-17-12(15)7-13(18-14)19-3/h4-7,9H,8H2,1-3H3,(H2,15,17,18). The summed E-state index contributed by atoms with van der Waals surface area (Å²) < 4.78 is 0. The van der Waals surface area contributed by atoms with Gasteiger partial charge in [0.15, 0.2) is 5.16 Å². The van der Waals surface area contributed by atoms with Crippen molar-refractivity contribution < 1.29 is 0 Å². The van der Waals surface area contributed by atoms with E-state index in [1.807, 2.05) is 18.5 Å². The van der Waals surface area contributed by atoms with Gasteiger partial charge < -0.3 is 5.73 Å². The summed E-state index contributed by atoms with van der Waals surface area (Å²) in [6, 6.07) is 5.89. The first-order valence-corrected chi connectivity index (χ1v) is 8.56. The Morgan fingerprint density at radius 2 is 2.10 bits per heavy atom. The highest BCUT2D eigenvalue weighted by molar-refractivity contribution is 7.99. The molecule has 106 valence electrons. The molecule has 4 nitrogen and oxygen atoms in total. The van der Waals surface area contributed by atoms with Gasteiger partial charge in [0.05, 0.1) is 5.69 Å². The summed E-state index contributed by atoms with van der Waals surface area (Å²) >= 11 is 3.14. The zero-order valence-corrected chi connectivity index (χ0v) is 13.5. The van der Waals surface area contributed by atoms with E-state index in [0.29, 0.717) is 16.9 Å². The van der Waals surface area contributed by atoms with Crippen LogP contribution < -0.4 is 5.73 Å². The summed E-state index contributed by atoms with van der Waals surface area (Å²) in [5.74, 6) is 1.73. The molecule has 0 fully saturated rings. The normalized spacial score (nSPS) is 11.0. The average Bonchev–Trinajstić information content (AvgIpc) is 2.44. The molecule has 2 N–H and O–H groups in total. The van der Waals surface area contributed by atoms with Gasteiger partial charge in [0.1, 0.15) is 10.8 Å². The molecule has 6 heteroatoms. The molecule has 0 aliphatic heterocycles. The van der Waals surface area contributed by atoms with Crippen LogP contribution in [0.1, 0.15) is 31.0 Å². The summed E-state index contributed by atoms with van der Waals surface area (Å²) in [4.78, 5) is 13.2. The van der Waals surface area contributed by atoms with Gasteiger partial charge in [-0.15, -0.1) is 11.8 Å². The highest BCUT2D eigenvalue weighted by atomic mass is 32.2. The number of anilines is 1.